The molecule has 244 valence electrons. The van der Waals surface area contributed by atoms with Crippen molar-refractivity contribution < 1.29 is 34.1 Å². The average Bonchev–Trinajstić information content (AvgIpc) is 3.16. The van der Waals surface area contributed by atoms with E-state index in [1.807, 2.05) is 26.8 Å². The summed E-state index contributed by atoms with van der Waals surface area (Å²) in [6.07, 6.45) is 5.31. The first-order chi connectivity index (χ1) is 20.8. The Morgan fingerprint density at radius 3 is 2.20 bits per heavy atom. The highest BCUT2D eigenvalue weighted by molar-refractivity contribution is 6.42. The third-order valence-electron chi connectivity index (χ3n) is 11.8. The van der Waals surface area contributed by atoms with Crippen LogP contribution in [0.25, 0.3) is 0 Å². The molecule has 1 aromatic carbocycles. The molecule has 1 spiro atoms. The highest BCUT2D eigenvalue weighted by Gasteiger charge is 2.85. The molecule has 6 rings (SSSR count). The fourth-order valence-corrected chi connectivity index (χ4v) is 9.11. The molecule has 1 heterocycles. The van der Waals surface area contributed by atoms with Crippen LogP contribution in [-0.2, 0) is 24.2 Å². The van der Waals surface area contributed by atoms with E-state index in [9.17, 15) is 9.90 Å². The van der Waals surface area contributed by atoms with Gasteiger partial charge < -0.3 is 5.11 Å². The number of carbonyl (C=O) groups excluding carboxylic acids is 4. The Kier molecular flexibility index (Phi) is 8.16. The summed E-state index contributed by atoms with van der Waals surface area (Å²) in [5.41, 5.74) is -6.59. The topological polar surface area (TPSA) is 107 Å². The van der Waals surface area contributed by atoms with Gasteiger partial charge in [0.05, 0.1) is 16.4 Å². The number of Topliss-reactive ketones (excluding diaryl/α,β-unsaturated/α-hetero) is 4. The minimum Gasteiger partial charge on any atom is -0.388 e. The first kappa shape index (κ1) is 33.6. The van der Waals surface area contributed by atoms with E-state index in [-0.39, 0.29) is 30.7 Å². The summed E-state index contributed by atoms with van der Waals surface area (Å²) in [6, 6.07) is 8.54. The fraction of sp³-hybridized carbons (Fsp3) is 0.632. The zero-order chi connectivity index (χ0) is 33.4. The van der Waals surface area contributed by atoms with Crippen molar-refractivity contribution in [1.82, 2.24) is 0 Å². The van der Waals surface area contributed by atoms with Crippen LogP contribution in [0.4, 0.5) is 0 Å². The molecule has 45 heavy (non-hydrogen) atoms. The lowest BCUT2D eigenvalue weighted by Gasteiger charge is -2.61. The number of carbonyl (C=O) groups is 4. The maximum Gasteiger partial charge on any atom is 0.184 e. The van der Waals surface area contributed by atoms with Gasteiger partial charge in [0.15, 0.2) is 28.5 Å². The Labute approximate surface area is 267 Å². The van der Waals surface area contributed by atoms with Gasteiger partial charge in [-0.25, -0.2) is 9.78 Å². The quantitative estimate of drug-likeness (QED) is 0.145. The number of ketones is 4. The summed E-state index contributed by atoms with van der Waals surface area (Å²) in [5.74, 6) is -3.18. The van der Waals surface area contributed by atoms with E-state index >= 15 is 14.4 Å². The molecular weight excluding hydrogens is 568 g/mol. The predicted octanol–water partition coefficient (Wildman–Crippen LogP) is 6.97. The van der Waals surface area contributed by atoms with E-state index in [4.69, 9.17) is 9.78 Å². The van der Waals surface area contributed by atoms with E-state index in [0.717, 1.165) is 18.4 Å². The second-order valence-electron chi connectivity index (χ2n) is 16.1. The van der Waals surface area contributed by atoms with Crippen LogP contribution >= 0.6 is 0 Å². The first-order valence-corrected chi connectivity index (χ1v) is 16.4. The first-order valence-electron chi connectivity index (χ1n) is 16.4. The van der Waals surface area contributed by atoms with Gasteiger partial charge in [0.25, 0.3) is 0 Å². The monoisotopic (exact) mass is 618 g/mol. The van der Waals surface area contributed by atoms with Crippen LogP contribution in [-0.4, -0.2) is 45.5 Å². The normalized spacial score (nSPS) is 35.5. The second-order valence-corrected chi connectivity index (χ2v) is 16.1. The molecule has 7 nitrogen and oxygen atoms in total. The highest BCUT2D eigenvalue weighted by Crippen LogP contribution is 2.73. The fourth-order valence-electron chi connectivity index (χ4n) is 9.11. The molecule has 7 heteroatoms. The van der Waals surface area contributed by atoms with Gasteiger partial charge in [0.2, 0.25) is 0 Å². The van der Waals surface area contributed by atoms with E-state index in [0.29, 0.717) is 6.42 Å². The summed E-state index contributed by atoms with van der Waals surface area (Å²) >= 11 is 0. The molecule has 1 aliphatic heterocycles. The maximum absolute atomic E-state index is 15.6. The van der Waals surface area contributed by atoms with Crippen molar-refractivity contribution in [2.75, 3.05) is 0 Å². The molecule has 0 amide bonds. The molecule has 4 saturated carbocycles. The van der Waals surface area contributed by atoms with Gasteiger partial charge in [-0.05, 0) is 98.3 Å². The van der Waals surface area contributed by atoms with Crippen molar-refractivity contribution in [3.63, 3.8) is 0 Å². The molecule has 6 atom stereocenters. The van der Waals surface area contributed by atoms with Crippen molar-refractivity contribution >= 4 is 23.1 Å². The standard InChI is InChI=1S/C38H50O7/c1-23(2)14-13-15-24(3)18-19-36-21-26-20-27-35(8,9)45-44-28(34(6,7)43)22-37(27,30(36)40)32(42)38(31(36)41,33(26,4)5)29(39)25-16-11-10-12-17-25/h10-12,14,16-18,26-28,43H,13,15,19-22H2,1-9H3/t26-,27?,28-,36+,37+,38+/m1/s1. The van der Waals surface area contributed by atoms with Gasteiger partial charge in [0.1, 0.15) is 11.7 Å². The Balaban J connectivity index is 1.81. The van der Waals surface area contributed by atoms with E-state index < -0.39 is 68.0 Å². The summed E-state index contributed by atoms with van der Waals surface area (Å²) in [6.45, 7) is 16.6. The SMILES string of the molecule is CC(C)=CCCC(C)=CC[C@]12C[C@H]3CC4C(C)(C)OO[C@@H](C(C)(C)O)C[C@]4(C1=O)C(=O)[C@](C(=O)c1ccccc1)(C2=O)C3(C)C. The zero-order valence-electron chi connectivity index (χ0n) is 28.4. The van der Waals surface area contributed by atoms with Crippen molar-refractivity contribution in [2.24, 2.45) is 33.5 Å². The molecule has 1 aromatic rings. The lowest BCUT2D eigenvalue weighted by atomic mass is 9.36. The number of hydrogen-bond donors (Lipinski definition) is 1. The average molecular weight is 619 g/mol. The van der Waals surface area contributed by atoms with Crippen LogP contribution in [0.5, 0.6) is 0 Å². The van der Waals surface area contributed by atoms with E-state index in [1.165, 1.54) is 5.57 Å². The van der Waals surface area contributed by atoms with Gasteiger partial charge in [0, 0.05) is 11.5 Å². The predicted molar refractivity (Wildman–Crippen MR) is 171 cm³/mol. The lowest BCUT2D eigenvalue weighted by molar-refractivity contribution is -0.394. The molecule has 4 aliphatic carbocycles. The second kappa shape index (κ2) is 10.9. The third-order valence-corrected chi connectivity index (χ3v) is 11.8. The minimum atomic E-state index is -2.09. The molecule has 1 saturated heterocycles. The number of allylic oxidation sites excluding steroid dienone is 4. The van der Waals surface area contributed by atoms with Crippen molar-refractivity contribution in [3.05, 3.63) is 59.2 Å². The smallest absolute Gasteiger partial charge is 0.184 e. The van der Waals surface area contributed by atoms with Crippen molar-refractivity contribution in [1.29, 1.82) is 0 Å². The zero-order valence-corrected chi connectivity index (χ0v) is 28.4. The molecule has 5 fully saturated rings. The van der Waals surface area contributed by atoms with E-state index in [2.05, 4.69) is 19.9 Å². The highest BCUT2D eigenvalue weighted by atomic mass is 17.2. The summed E-state index contributed by atoms with van der Waals surface area (Å²) in [5, 5.41) is 11.2. The molecule has 1 N–H and O–H groups in total. The van der Waals surface area contributed by atoms with Crippen molar-refractivity contribution in [2.45, 2.75) is 118 Å². The van der Waals surface area contributed by atoms with Gasteiger partial charge in [-0.1, -0.05) is 67.5 Å². The number of benzene rings is 1. The van der Waals surface area contributed by atoms with Gasteiger partial charge >= 0.3 is 0 Å². The lowest BCUT2D eigenvalue weighted by Crippen LogP contribution is -2.76. The molecular formula is C38H50O7. The molecule has 4 bridgehead atoms. The largest absolute Gasteiger partial charge is 0.388 e. The van der Waals surface area contributed by atoms with Gasteiger partial charge in [-0.2, -0.15) is 0 Å². The molecule has 0 radical (unpaired) electrons. The number of rotatable bonds is 8. The molecule has 0 aromatic heterocycles. The van der Waals surface area contributed by atoms with Crippen LogP contribution in [0, 0.1) is 33.5 Å². The maximum atomic E-state index is 15.6. The third kappa shape index (κ3) is 4.71. The van der Waals surface area contributed by atoms with E-state index in [1.54, 1.807) is 58.0 Å². The van der Waals surface area contributed by atoms with Gasteiger partial charge in [-0.3, -0.25) is 19.2 Å². The van der Waals surface area contributed by atoms with Crippen molar-refractivity contribution in [3.8, 4) is 0 Å². The Morgan fingerprint density at radius 2 is 1.60 bits per heavy atom. The van der Waals surface area contributed by atoms with Crippen LogP contribution < -0.4 is 0 Å². The molecule has 1 unspecified atom stereocenters. The van der Waals surface area contributed by atoms with Crippen LogP contribution in [0.3, 0.4) is 0 Å². The van der Waals surface area contributed by atoms with Gasteiger partial charge in [-0.15, -0.1) is 0 Å². The Hall–Kier alpha value is -2.74. The molecule has 5 aliphatic rings. The van der Waals surface area contributed by atoms with Crippen LogP contribution in [0.1, 0.15) is 111 Å². The van der Waals surface area contributed by atoms with Crippen LogP contribution in [0.2, 0.25) is 0 Å². The number of aliphatic hydroxyl groups is 1. The number of hydrogen-bond acceptors (Lipinski definition) is 7. The summed E-state index contributed by atoms with van der Waals surface area (Å²) < 4.78 is 0. The Bertz CT molecular complexity index is 1470. The minimum absolute atomic E-state index is 0.124. The summed E-state index contributed by atoms with van der Waals surface area (Å²) in [7, 11) is 0. The Morgan fingerprint density at radius 1 is 0.956 bits per heavy atom. The van der Waals surface area contributed by atoms with Crippen LogP contribution in [0.15, 0.2) is 53.6 Å². The summed E-state index contributed by atoms with van der Waals surface area (Å²) in [4.78, 5) is 73.3.